The van der Waals surface area contributed by atoms with Crippen LogP contribution in [-0.4, -0.2) is 134 Å². The van der Waals surface area contributed by atoms with Crippen molar-refractivity contribution in [2.45, 2.75) is 100 Å². The van der Waals surface area contributed by atoms with E-state index in [0.717, 1.165) is 0 Å². The Morgan fingerprint density at radius 2 is 0.815 bits per heavy atom. The number of rotatable bonds is 29. The Morgan fingerprint density at radius 3 is 1.20 bits per heavy atom. The molecule has 0 saturated carbocycles. The van der Waals surface area contributed by atoms with Crippen LogP contribution in [0.1, 0.15) is 62.5 Å². The molecule has 25 heteroatoms. The van der Waals surface area contributed by atoms with E-state index in [1.54, 1.807) is 0 Å². The van der Waals surface area contributed by atoms with Gasteiger partial charge in [0.05, 0.1) is 6.04 Å². The standard InChI is InChI=1S/C40H58N12O13/c41-25(3-1-17-46-39(42)43)33(59)51-29(19-21-5-9-23(53)10-6-21)37(63)50-28(14-16-32(57)58)36(62)49-27(13-15-31(55)56)35(61)48-26(4-2-18-47-40(44)45)34(60)52-30(38(64)65)20-22-7-11-24(54)12-8-22/h5-12,25-30,53-54H,1-4,13-20,41H2,(H,48,61)(H,49,62)(H,50,63)(H,51,59)(H,52,60)(H,55,56)(H,57,58)(H,64,65)(H4,42,43,46)(H4,44,45,47)/t25-,26-,27-,28-,29-,30-/m0/s1. The number of carbonyl (C=O) groups is 8. The number of phenolic OH excluding ortho intramolecular Hbond substituents is 2. The van der Waals surface area contributed by atoms with Gasteiger partial charge >= 0.3 is 17.9 Å². The van der Waals surface area contributed by atoms with Gasteiger partial charge in [0.2, 0.25) is 29.5 Å². The maximum Gasteiger partial charge on any atom is 0.326 e. The number of phenols is 2. The van der Waals surface area contributed by atoms with E-state index in [-0.39, 0.29) is 68.6 Å². The number of carboxylic acid groups (broad SMARTS) is 3. The summed E-state index contributed by atoms with van der Waals surface area (Å²) in [6, 6.07) is 2.03. The van der Waals surface area contributed by atoms with Gasteiger partial charge in [-0.05, 0) is 73.9 Å². The van der Waals surface area contributed by atoms with Crippen molar-refractivity contribution in [1.82, 2.24) is 26.6 Å². The topological polar surface area (TPSA) is 453 Å². The number of nitrogens with zero attached hydrogens (tertiary/aromatic N) is 2. The number of nitrogens with two attached hydrogens (primary N) is 5. The number of aliphatic carboxylic acids is 3. The van der Waals surface area contributed by atoms with E-state index >= 15 is 0 Å². The van der Waals surface area contributed by atoms with Gasteiger partial charge in [-0.1, -0.05) is 24.3 Å². The van der Waals surface area contributed by atoms with E-state index in [1.807, 2.05) is 0 Å². The Morgan fingerprint density at radius 1 is 0.477 bits per heavy atom. The van der Waals surface area contributed by atoms with Gasteiger partial charge in [-0.3, -0.25) is 43.5 Å². The number of guanidine groups is 2. The first-order valence-corrected chi connectivity index (χ1v) is 20.3. The normalized spacial score (nSPS) is 13.5. The highest BCUT2D eigenvalue weighted by Gasteiger charge is 2.33. The Labute approximate surface area is 372 Å². The number of aliphatic imine (C=N–C) groups is 2. The molecular weight excluding hydrogens is 857 g/mol. The minimum atomic E-state index is -1.73. The molecular formula is C40H58N12O13. The fourth-order valence-corrected chi connectivity index (χ4v) is 6.01. The van der Waals surface area contributed by atoms with E-state index in [9.17, 15) is 63.9 Å². The van der Waals surface area contributed by atoms with Gasteiger partial charge < -0.3 is 80.8 Å². The molecule has 25 nitrogen and oxygen atoms in total. The zero-order valence-corrected chi connectivity index (χ0v) is 35.4. The van der Waals surface area contributed by atoms with E-state index in [2.05, 4.69) is 36.6 Å². The fraction of sp³-hybridized carbons (Fsp3) is 0.450. The number of benzene rings is 2. The maximum absolute atomic E-state index is 13.9. The molecule has 6 atom stereocenters. The molecule has 2 aromatic rings. The second kappa shape index (κ2) is 27.4. The summed E-state index contributed by atoms with van der Waals surface area (Å²) in [5.41, 5.74) is 28.4. The van der Waals surface area contributed by atoms with Gasteiger partial charge in [-0.2, -0.15) is 0 Å². The van der Waals surface area contributed by atoms with Crippen molar-refractivity contribution in [3.63, 3.8) is 0 Å². The average molecular weight is 915 g/mol. The molecule has 0 bridgehead atoms. The molecule has 356 valence electrons. The summed E-state index contributed by atoms with van der Waals surface area (Å²) in [5.74, 6) is -9.84. The van der Waals surface area contributed by atoms with E-state index in [1.165, 1.54) is 48.5 Å². The molecule has 2 rings (SSSR count). The molecule has 0 aliphatic heterocycles. The number of carbonyl (C=O) groups excluding carboxylic acids is 5. The number of nitrogens with one attached hydrogen (secondary N) is 5. The minimum absolute atomic E-state index is 0.0262. The monoisotopic (exact) mass is 914 g/mol. The largest absolute Gasteiger partial charge is 0.508 e. The van der Waals surface area contributed by atoms with Gasteiger partial charge in [-0.15, -0.1) is 0 Å². The Balaban J connectivity index is 2.41. The lowest BCUT2D eigenvalue weighted by molar-refractivity contribution is -0.142. The van der Waals surface area contributed by atoms with Gasteiger partial charge in [0, 0.05) is 38.8 Å². The van der Waals surface area contributed by atoms with Gasteiger partial charge in [0.15, 0.2) is 11.9 Å². The lowest BCUT2D eigenvalue weighted by atomic mass is 10.0. The van der Waals surface area contributed by atoms with Crippen molar-refractivity contribution < 1.29 is 63.9 Å². The summed E-state index contributed by atoms with van der Waals surface area (Å²) in [6.45, 7) is 0.134. The van der Waals surface area contributed by atoms with Crippen molar-refractivity contribution in [1.29, 1.82) is 0 Å². The second-order valence-corrected chi connectivity index (χ2v) is 14.8. The van der Waals surface area contributed by atoms with E-state index < -0.39 is 109 Å². The first-order valence-electron chi connectivity index (χ1n) is 20.3. The predicted octanol–water partition coefficient (Wildman–Crippen LogP) is -3.44. The summed E-state index contributed by atoms with van der Waals surface area (Å²) in [4.78, 5) is 112. The van der Waals surface area contributed by atoms with Crippen LogP contribution in [0.4, 0.5) is 0 Å². The molecule has 0 spiro atoms. The molecule has 0 fully saturated rings. The quantitative estimate of drug-likeness (QED) is 0.0214. The van der Waals surface area contributed by atoms with Crippen LogP contribution in [0.15, 0.2) is 58.5 Å². The van der Waals surface area contributed by atoms with Crippen LogP contribution in [-0.2, 0) is 51.2 Å². The highest BCUT2D eigenvalue weighted by molar-refractivity contribution is 5.96. The van der Waals surface area contributed by atoms with Crippen LogP contribution in [0.2, 0.25) is 0 Å². The van der Waals surface area contributed by atoms with Gasteiger partial charge in [0.25, 0.3) is 0 Å². The van der Waals surface area contributed by atoms with Crippen LogP contribution in [0.5, 0.6) is 11.5 Å². The van der Waals surface area contributed by atoms with E-state index in [4.69, 9.17) is 28.7 Å². The zero-order valence-electron chi connectivity index (χ0n) is 35.4. The van der Waals surface area contributed by atoms with Crippen LogP contribution in [0, 0.1) is 0 Å². The molecule has 0 unspecified atom stereocenters. The summed E-state index contributed by atoms with van der Waals surface area (Å²) in [6.07, 6.45) is -2.70. The van der Waals surface area contributed by atoms with Gasteiger partial charge in [-0.25, -0.2) is 4.79 Å². The Kier molecular flexibility index (Phi) is 22.5. The maximum atomic E-state index is 13.9. The fourth-order valence-electron chi connectivity index (χ4n) is 6.01. The molecule has 0 aliphatic carbocycles. The molecule has 0 heterocycles. The van der Waals surface area contributed by atoms with E-state index in [0.29, 0.717) is 17.5 Å². The van der Waals surface area contributed by atoms with Crippen molar-refractivity contribution in [3.8, 4) is 11.5 Å². The van der Waals surface area contributed by atoms with Crippen molar-refractivity contribution in [2.75, 3.05) is 13.1 Å². The molecule has 0 aliphatic rings. The zero-order chi connectivity index (χ0) is 48.6. The smallest absolute Gasteiger partial charge is 0.326 e. The van der Waals surface area contributed by atoms with Crippen LogP contribution < -0.4 is 55.3 Å². The molecule has 2 aromatic carbocycles. The number of hydrogen-bond donors (Lipinski definition) is 15. The van der Waals surface area contributed by atoms with Crippen molar-refractivity contribution >= 4 is 59.4 Å². The second-order valence-electron chi connectivity index (χ2n) is 14.8. The Hall–Kier alpha value is -7.70. The highest BCUT2D eigenvalue weighted by Crippen LogP contribution is 2.14. The third-order valence-electron chi connectivity index (χ3n) is 9.44. The molecule has 20 N–H and O–H groups in total. The first-order chi connectivity index (χ1) is 30.6. The molecule has 5 amide bonds. The van der Waals surface area contributed by atoms with Crippen molar-refractivity contribution in [3.05, 3.63) is 59.7 Å². The van der Waals surface area contributed by atoms with Crippen LogP contribution >= 0.6 is 0 Å². The van der Waals surface area contributed by atoms with Crippen molar-refractivity contribution in [2.24, 2.45) is 38.7 Å². The third-order valence-corrected chi connectivity index (χ3v) is 9.44. The highest BCUT2D eigenvalue weighted by atomic mass is 16.4. The van der Waals surface area contributed by atoms with Gasteiger partial charge in [0.1, 0.15) is 41.7 Å². The SMILES string of the molecule is NC(N)=NCCC[C@H](NC(=O)[C@H](CCC(=O)O)NC(=O)[C@H](CCC(=O)O)NC(=O)[C@H](Cc1ccc(O)cc1)NC(=O)[C@@H](N)CCCN=C(N)N)C(=O)N[C@@H](Cc1ccc(O)cc1)C(=O)O. The molecule has 0 aromatic heterocycles. The van der Waals surface area contributed by atoms with Crippen LogP contribution in [0.25, 0.3) is 0 Å². The number of amides is 5. The van der Waals surface area contributed by atoms with Crippen LogP contribution in [0.3, 0.4) is 0 Å². The third kappa shape index (κ3) is 21.3. The molecule has 65 heavy (non-hydrogen) atoms. The summed E-state index contributed by atoms with van der Waals surface area (Å²) < 4.78 is 0. The predicted molar refractivity (Wildman–Crippen MR) is 232 cm³/mol. The Bertz CT molecular complexity index is 2010. The summed E-state index contributed by atoms with van der Waals surface area (Å²) in [7, 11) is 0. The number of carboxylic acids is 3. The minimum Gasteiger partial charge on any atom is -0.508 e. The summed E-state index contributed by atoms with van der Waals surface area (Å²) >= 11 is 0. The summed E-state index contributed by atoms with van der Waals surface area (Å²) in [5, 5.41) is 60.3. The first kappa shape index (κ1) is 53.4. The average Bonchev–Trinajstić information content (AvgIpc) is 3.23. The molecule has 0 saturated heterocycles. The lowest BCUT2D eigenvalue weighted by Gasteiger charge is -2.27. The number of hydrogen-bond acceptors (Lipinski definition) is 13. The number of aromatic hydroxyl groups is 2. The molecule has 0 radical (unpaired) electrons. The lowest BCUT2D eigenvalue weighted by Crippen LogP contribution is -2.59.